The Kier molecular flexibility index (Phi) is 8.22. The van der Waals surface area contributed by atoms with Gasteiger partial charge < -0.3 is 15.5 Å². The normalized spacial score (nSPS) is 12.8. The number of nitrogens with one attached hydrogen (secondary N) is 2. The first kappa shape index (κ1) is 28.8. The minimum atomic E-state index is -0.306. The minimum Gasteiger partial charge on any atom is -0.322 e. The van der Waals surface area contributed by atoms with Crippen LogP contribution in [0.2, 0.25) is 5.02 Å². The average molecular weight is 580 g/mol. The first-order valence-corrected chi connectivity index (χ1v) is 14.0. The molecule has 0 aliphatic carbocycles. The molecule has 0 radical (unpaired) electrons. The zero-order valence-corrected chi connectivity index (χ0v) is 24.3. The molecule has 0 atom stereocenters. The number of aryl methyl sites for hydroxylation is 3. The third-order valence-electron chi connectivity index (χ3n) is 7.41. The van der Waals surface area contributed by atoms with Crippen LogP contribution in [0.1, 0.15) is 71.0 Å². The lowest BCUT2D eigenvalue weighted by atomic mass is 10.0. The van der Waals surface area contributed by atoms with Crippen molar-refractivity contribution in [3.05, 3.63) is 123 Å². The van der Waals surface area contributed by atoms with Gasteiger partial charge in [-0.3, -0.25) is 19.2 Å². The van der Waals surface area contributed by atoms with Gasteiger partial charge in [-0.2, -0.15) is 0 Å². The predicted octanol–water partition coefficient (Wildman–Crippen LogP) is 7.39. The van der Waals surface area contributed by atoms with Gasteiger partial charge in [0.25, 0.3) is 17.7 Å². The van der Waals surface area contributed by atoms with Crippen molar-refractivity contribution < 1.29 is 19.2 Å². The lowest BCUT2D eigenvalue weighted by Crippen LogP contribution is -2.32. The molecule has 1 heterocycles. The van der Waals surface area contributed by atoms with Crippen molar-refractivity contribution in [1.82, 2.24) is 0 Å². The Balaban J connectivity index is 1.30. The van der Waals surface area contributed by atoms with Crippen LogP contribution in [-0.4, -0.2) is 30.0 Å². The van der Waals surface area contributed by atoms with Crippen LogP contribution >= 0.6 is 11.6 Å². The second kappa shape index (κ2) is 12.0. The minimum absolute atomic E-state index is 0.0328. The molecule has 8 heteroatoms. The molecule has 0 fully saturated rings. The molecule has 0 unspecified atom stereocenters. The van der Waals surface area contributed by atoms with E-state index in [0.29, 0.717) is 74.9 Å². The molecule has 0 bridgehead atoms. The molecule has 2 N–H and O–H groups in total. The van der Waals surface area contributed by atoms with Crippen LogP contribution in [0.25, 0.3) is 0 Å². The fourth-order valence-electron chi connectivity index (χ4n) is 5.18. The van der Waals surface area contributed by atoms with Crippen LogP contribution in [-0.2, 0) is 0 Å². The van der Waals surface area contributed by atoms with E-state index in [9.17, 15) is 19.2 Å². The maximum Gasteiger partial charge on any atom is 0.258 e. The molecule has 5 rings (SSSR count). The van der Waals surface area contributed by atoms with Crippen LogP contribution in [0.3, 0.4) is 0 Å². The number of hydrogen-bond donors (Lipinski definition) is 2. The van der Waals surface area contributed by atoms with E-state index in [1.165, 1.54) is 0 Å². The number of amides is 3. The first-order valence-electron chi connectivity index (χ1n) is 13.7. The largest absolute Gasteiger partial charge is 0.322 e. The molecule has 0 saturated heterocycles. The van der Waals surface area contributed by atoms with Gasteiger partial charge in [0.15, 0.2) is 5.78 Å². The van der Waals surface area contributed by atoms with Crippen molar-refractivity contribution >= 4 is 52.2 Å². The zero-order valence-electron chi connectivity index (χ0n) is 23.6. The second-order valence-corrected chi connectivity index (χ2v) is 10.9. The van der Waals surface area contributed by atoms with E-state index in [1.54, 1.807) is 65.6 Å². The monoisotopic (exact) mass is 579 g/mol. The Bertz CT molecular complexity index is 1750. The summed E-state index contributed by atoms with van der Waals surface area (Å²) in [6.07, 6.45) is 0.901. The van der Waals surface area contributed by atoms with Crippen LogP contribution < -0.4 is 15.5 Å². The highest BCUT2D eigenvalue weighted by Crippen LogP contribution is 2.31. The third-order valence-corrected chi connectivity index (χ3v) is 7.65. The highest BCUT2D eigenvalue weighted by atomic mass is 35.5. The molecule has 0 aromatic heterocycles. The molecule has 0 saturated carbocycles. The maximum absolute atomic E-state index is 13.6. The molecular weight excluding hydrogens is 550 g/mol. The van der Waals surface area contributed by atoms with Crippen molar-refractivity contribution in [1.29, 1.82) is 0 Å². The first-order chi connectivity index (χ1) is 20.1. The molecule has 4 aromatic rings. The number of hydrogen-bond acceptors (Lipinski definition) is 4. The number of Topliss-reactive ketones (excluding diaryl/α,β-unsaturated/α-hetero) is 1. The Labute approximate surface area is 249 Å². The summed E-state index contributed by atoms with van der Waals surface area (Å²) in [5, 5.41) is 6.25. The number of fused-ring (bicyclic) bond motifs is 1. The smallest absolute Gasteiger partial charge is 0.258 e. The fraction of sp³-hybridized carbons (Fsp3) is 0.176. The van der Waals surface area contributed by atoms with Crippen LogP contribution in [0.5, 0.6) is 0 Å². The van der Waals surface area contributed by atoms with Crippen molar-refractivity contribution in [2.24, 2.45) is 0 Å². The topological polar surface area (TPSA) is 95.6 Å². The van der Waals surface area contributed by atoms with Gasteiger partial charge in [-0.15, -0.1) is 0 Å². The van der Waals surface area contributed by atoms with E-state index in [-0.39, 0.29) is 23.5 Å². The van der Waals surface area contributed by atoms with Crippen molar-refractivity contribution in [3.63, 3.8) is 0 Å². The van der Waals surface area contributed by atoms with E-state index in [1.807, 2.05) is 39.0 Å². The molecule has 7 nitrogen and oxygen atoms in total. The van der Waals surface area contributed by atoms with Gasteiger partial charge in [-0.25, -0.2) is 0 Å². The molecule has 0 spiro atoms. The van der Waals surface area contributed by atoms with Gasteiger partial charge in [0.1, 0.15) is 0 Å². The molecule has 4 aromatic carbocycles. The summed E-state index contributed by atoms with van der Waals surface area (Å²) in [4.78, 5) is 53.6. The average Bonchev–Trinajstić information content (AvgIpc) is 3.11. The SMILES string of the molecule is Cc1ccccc1C(=O)Nc1ccc(C(=O)Nc2ccc(C(=O)N3CCCC(=O)c4cc(Cl)ccc43)c(C)c2)c(C)c1. The zero-order chi connectivity index (χ0) is 30.0. The van der Waals surface area contributed by atoms with E-state index in [4.69, 9.17) is 11.6 Å². The molecule has 212 valence electrons. The Morgan fingerprint density at radius 2 is 1.31 bits per heavy atom. The number of ketones is 1. The van der Waals surface area contributed by atoms with Crippen molar-refractivity contribution in [2.75, 3.05) is 22.1 Å². The summed E-state index contributed by atoms with van der Waals surface area (Å²) < 4.78 is 0. The van der Waals surface area contributed by atoms with Crippen LogP contribution in [0, 0.1) is 20.8 Å². The standard InChI is InChI=1S/C34H30ClN3O4/c1-20-7-4-5-8-26(20)32(40)36-24-11-13-27(21(2)17-24)33(41)37-25-12-14-28(22(3)18-25)34(42)38-16-6-9-31(39)29-19-23(35)10-15-30(29)38/h4-5,7-8,10-15,17-19H,6,9,16H2,1-3H3,(H,36,40)(H,37,41). The van der Waals surface area contributed by atoms with E-state index < -0.39 is 0 Å². The summed E-state index contributed by atoms with van der Waals surface area (Å²) >= 11 is 6.13. The maximum atomic E-state index is 13.6. The lowest BCUT2D eigenvalue weighted by molar-refractivity contribution is 0.0973. The number of rotatable bonds is 5. The summed E-state index contributed by atoms with van der Waals surface area (Å²) in [5.41, 5.74) is 5.94. The van der Waals surface area contributed by atoms with E-state index >= 15 is 0 Å². The van der Waals surface area contributed by atoms with E-state index in [2.05, 4.69) is 10.6 Å². The van der Waals surface area contributed by atoms with Gasteiger partial charge in [0.2, 0.25) is 0 Å². The van der Waals surface area contributed by atoms with E-state index in [0.717, 1.165) is 5.56 Å². The highest BCUT2D eigenvalue weighted by Gasteiger charge is 2.27. The number of carbonyl (C=O) groups is 4. The lowest BCUT2D eigenvalue weighted by Gasteiger charge is -2.23. The number of carbonyl (C=O) groups excluding carboxylic acids is 4. The molecule has 42 heavy (non-hydrogen) atoms. The van der Waals surface area contributed by atoms with Gasteiger partial charge in [0, 0.05) is 51.6 Å². The van der Waals surface area contributed by atoms with Gasteiger partial charge in [-0.05, 0) is 105 Å². The molecular formula is C34H30ClN3O4. The number of nitrogens with zero attached hydrogens (tertiary/aromatic N) is 1. The predicted molar refractivity (Wildman–Crippen MR) is 166 cm³/mol. The van der Waals surface area contributed by atoms with Gasteiger partial charge in [0.05, 0.1) is 5.69 Å². The molecule has 3 amide bonds. The van der Waals surface area contributed by atoms with Crippen molar-refractivity contribution in [3.8, 4) is 0 Å². The Morgan fingerprint density at radius 3 is 1.93 bits per heavy atom. The Morgan fingerprint density at radius 1 is 0.714 bits per heavy atom. The fourth-order valence-corrected chi connectivity index (χ4v) is 5.35. The molecule has 1 aliphatic heterocycles. The van der Waals surface area contributed by atoms with Crippen LogP contribution in [0.15, 0.2) is 78.9 Å². The van der Waals surface area contributed by atoms with Crippen molar-refractivity contribution in [2.45, 2.75) is 33.6 Å². The van der Waals surface area contributed by atoms with Gasteiger partial charge >= 0.3 is 0 Å². The summed E-state index contributed by atoms with van der Waals surface area (Å²) in [6, 6.07) is 22.6. The van der Waals surface area contributed by atoms with Gasteiger partial charge in [-0.1, -0.05) is 29.8 Å². The number of halogens is 1. The third kappa shape index (κ3) is 5.97. The Hall–Kier alpha value is -4.75. The highest BCUT2D eigenvalue weighted by molar-refractivity contribution is 6.31. The van der Waals surface area contributed by atoms with Crippen LogP contribution in [0.4, 0.5) is 17.1 Å². The number of benzene rings is 4. The number of anilines is 3. The summed E-state index contributed by atoms with van der Waals surface area (Å²) in [6.45, 7) is 5.91. The quantitative estimate of drug-likeness (QED) is 0.258. The summed E-state index contributed by atoms with van der Waals surface area (Å²) in [5.74, 6) is -0.772. The summed E-state index contributed by atoms with van der Waals surface area (Å²) in [7, 11) is 0. The second-order valence-electron chi connectivity index (χ2n) is 10.4. The molecule has 1 aliphatic rings.